The second kappa shape index (κ2) is 7.28. The van der Waals surface area contributed by atoms with Crippen molar-refractivity contribution in [3.8, 4) is 11.5 Å². The smallest absolute Gasteiger partial charge is 0.137 e. The summed E-state index contributed by atoms with van der Waals surface area (Å²) in [5, 5.41) is 2.82. The molecule has 5 nitrogen and oxygen atoms in total. The number of para-hydroxylation sites is 4. The summed E-state index contributed by atoms with van der Waals surface area (Å²) in [6.45, 7) is 2.42. The zero-order valence-electron chi connectivity index (χ0n) is 21.9. The molecule has 0 aromatic heterocycles. The Balaban J connectivity index is 1.35. The highest BCUT2D eigenvalue weighted by Gasteiger charge is 2.57. The molecule has 6 heteroatoms. The minimum atomic E-state index is -0.727. The van der Waals surface area contributed by atoms with Crippen LogP contribution in [0.5, 0.6) is 11.5 Å². The Labute approximate surface area is 230 Å². The summed E-state index contributed by atoms with van der Waals surface area (Å²) in [4.78, 5) is 10.9. The van der Waals surface area contributed by atoms with Crippen LogP contribution in [0.3, 0.4) is 0 Å². The Morgan fingerprint density at radius 3 is 1.77 bits per heavy atom. The molecule has 0 spiro atoms. The van der Waals surface area contributed by atoms with E-state index in [1.54, 1.807) is 0 Å². The van der Waals surface area contributed by atoms with E-state index in [4.69, 9.17) is 4.74 Å². The molecule has 6 aliphatic rings. The highest BCUT2D eigenvalue weighted by atomic mass is 31.1. The van der Waals surface area contributed by atoms with Crippen molar-refractivity contribution < 1.29 is 4.74 Å². The van der Waals surface area contributed by atoms with E-state index in [-0.39, 0.29) is 12.1 Å². The molecule has 1 fully saturated rings. The van der Waals surface area contributed by atoms with Gasteiger partial charge in [-0.05, 0) is 68.3 Å². The average molecular weight is 529 g/mol. The SMILES string of the molecule is C[C@H]1N2c3ccccc3N1C1CCCCC1N1c3ccccc3N3c4cccc5c4P(c4c(cccc42)O5)[C@H]31. The Bertz CT molecular complexity index is 1710. The quantitative estimate of drug-likeness (QED) is 0.226. The largest absolute Gasteiger partial charge is 0.456 e. The van der Waals surface area contributed by atoms with Crippen molar-refractivity contribution in [1.29, 1.82) is 0 Å². The second-order valence-electron chi connectivity index (χ2n) is 11.6. The van der Waals surface area contributed by atoms with Gasteiger partial charge in [0.05, 0.1) is 56.8 Å². The highest BCUT2D eigenvalue weighted by Crippen LogP contribution is 2.67. The lowest BCUT2D eigenvalue weighted by molar-refractivity contribution is 0.335. The zero-order valence-corrected chi connectivity index (χ0v) is 22.8. The second-order valence-corrected chi connectivity index (χ2v) is 13.7. The van der Waals surface area contributed by atoms with Gasteiger partial charge >= 0.3 is 0 Å². The van der Waals surface area contributed by atoms with Crippen molar-refractivity contribution in [1.82, 2.24) is 0 Å². The summed E-state index contributed by atoms with van der Waals surface area (Å²) in [5.74, 6) is 2.34. The number of anilines is 6. The molecule has 39 heavy (non-hydrogen) atoms. The number of rotatable bonds is 0. The van der Waals surface area contributed by atoms with E-state index in [0.717, 1.165) is 11.5 Å². The van der Waals surface area contributed by atoms with Crippen molar-refractivity contribution in [3.05, 3.63) is 84.9 Å². The standard InChI is InChI=1S/C33H29N4OP/c1-20-34-21-10-2-3-11-22(21)35(20)27-16-8-18-29-31(27)39-32-28(17-9-19-30(32)38-29)37-26-15-7-6-14-25(26)36(33(37)39)24-13-5-4-12-23(24)34/h2-3,6-11,14-20,23-24,33H,4-5,12-13H2,1H3/t20-,23?,24?,33+,39?/m1/s1. The van der Waals surface area contributed by atoms with Crippen molar-refractivity contribution in [2.45, 2.75) is 56.8 Å². The van der Waals surface area contributed by atoms with Crippen LogP contribution in [0.2, 0.25) is 0 Å². The lowest BCUT2D eigenvalue weighted by atomic mass is 9.87. The Morgan fingerprint density at radius 2 is 1.10 bits per heavy atom. The van der Waals surface area contributed by atoms with Crippen LogP contribution in [0, 0.1) is 0 Å². The molecule has 5 heterocycles. The van der Waals surface area contributed by atoms with Crippen LogP contribution in [0.1, 0.15) is 32.6 Å². The van der Waals surface area contributed by atoms with E-state index in [0.29, 0.717) is 12.1 Å². The molecular weight excluding hydrogens is 499 g/mol. The minimum Gasteiger partial charge on any atom is -0.456 e. The summed E-state index contributed by atoms with van der Waals surface area (Å²) in [6.07, 6.45) is 5.28. The number of fused-ring (bicyclic) bond motifs is 8. The fourth-order valence-electron chi connectivity index (χ4n) is 8.56. The molecule has 0 saturated heterocycles. The first kappa shape index (κ1) is 21.2. The van der Waals surface area contributed by atoms with E-state index in [9.17, 15) is 0 Å². The molecule has 3 unspecified atom stereocenters. The Morgan fingerprint density at radius 1 is 0.590 bits per heavy atom. The van der Waals surface area contributed by atoms with Gasteiger partial charge in [0, 0.05) is 7.92 Å². The van der Waals surface area contributed by atoms with Crippen LogP contribution < -0.4 is 34.9 Å². The average Bonchev–Trinajstić information content (AvgIpc) is 3.59. The molecule has 0 radical (unpaired) electrons. The monoisotopic (exact) mass is 528 g/mol. The van der Waals surface area contributed by atoms with Gasteiger partial charge in [0.15, 0.2) is 0 Å². The van der Waals surface area contributed by atoms with Crippen molar-refractivity contribution >= 4 is 52.7 Å². The molecule has 1 aliphatic carbocycles. The molecule has 4 aromatic carbocycles. The first-order valence-electron chi connectivity index (χ1n) is 14.4. The van der Waals surface area contributed by atoms with Gasteiger partial charge in [-0.3, -0.25) is 0 Å². The van der Waals surface area contributed by atoms with E-state index >= 15 is 0 Å². The Kier molecular flexibility index (Phi) is 3.95. The van der Waals surface area contributed by atoms with Crippen LogP contribution in [0.25, 0.3) is 0 Å². The first-order valence-corrected chi connectivity index (χ1v) is 15.8. The molecule has 5 atom stereocenters. The Hall–Kier alpha value is -3.69. The third-order valence-corrected chi connectivity index (χ3v) is 12.7. The lowest BCUT2D eigenvalue weighted by Crippen LogP contribution is -2.60. The third-order valence-electron chi connectivity index (χ3n) is 9.91. The number of nitrogens with zero attached hydrogens (tertiary/aromatic N) is 4. The molecule has 1 saturated carbocycles. The fraction of sp³-hybridized carbons (Fsp3) is 0.273. The maximum atomic E-state index is 6.76. The maximum Gasteiger partial charge on any atom is 0.137 e. The summed E-state index contributed by atoms with van der Waals surface area (Å²) in [6, 6.07) is 32.6. The molecule has 0 amide bonds. The first-order chi connectivity index (χ1) is 19.3. The van der Waals surface area contributed by atoms with Crippen molar-refractivity contribution in [2.75, 3.05) is 19.6 Å². The fourth-order valence-corrected chi connectivity index (χ4v) is 11.8. The molecule has 192 valence electrons. The van der Waals surface area contributed by atoms with Crippen LogP contribution in [0.15, 0.2) is 84.9 Å². The van der Waals surface area contributed by atoms with Gasteiger partial charge < -0.3 is 24.3 Å². The van der Waals surface area contributed by atoms with Gasteiger partial charge in [-0.2, -0.15) is 0 Å². The summed E-state index contributed by atoms with van der Waals surface area (Å²) < 4.78 is 6.76. The molecule has 10 rings (SSSR count). The number of benzene rings is 4. The predicted octanol–water partition coefficient (Wildman–Crippen LogP) is 7.11. The van der Waals surface area contributed by atoms with Gasteiger partial charge in [0.25, 0.3) is 0 Å². The van der Waals surface area contributed by atoms with Crippen LogP contribution in [0.4, 0.5) is 34.1 Å². The van der Waals surface area contributed by atoms with Gasteiger partial charge in [-0.1, -0.05) is 49.2 Å². The number of hydrogen-bond acceptors (Lipinski definition) is 5. The normalized spacial score (nSPS) is 28.0. The van der Waals surface area contributed by atoms with Crippen LogP contribution in [-0.4, -0.2) is 24.2 Å². The molecule has 5 aliphatic heterocycles. The molecule has 2 bridgehead atoms. The maximum absolute atomic E-state index is 6.76. The van der Waals surface area contributed by atoms with Crippen molar-refractivity contribution in [3.63, 3.8) is 0 Å². The number of hydrogen-bond donors (Lipinski definition) is 0. The van der Waals surface area contributed by atoms with Crippen LogP contribution >= 0.6 is 7.92 Å². The number of ether oxygens (including phenoxy) is 1. The third kappa shape index (κ3) is 2.43. The summed E-state index contributed by atoms with van der Waals surface area (Å²) in [5.41, 5.74) is 8.11. The summed E-state index contributed by atoms with van der Waals surface area (Å²) >= 11 is 0. The predicted molar refractivity (Wildman–Crippen MR) is 161 cm³/mol. The molecular formula is C33H29N4OP. The summed E-state index contributed by atoms with van der Waals surface area (Å²) in [7, 11) is -0.727. The minimum absolute atomic E-state index is 0.235. The van der Waals surface area contributed by atoms with Gasteiger partial charge in [0.1, 0.15) is 23.6 Å². The van der Waals surface area contributed by atoms with Crippen molar-refractivity contribution in [2.24, 2.45) is 0 Å². The van der Waals surface area contributed by atoms with Gasteiger partial charge in [0.2, 0.25) is 0 Å². The van der Waals surface area contributed by atoms with Gasteiger partial charge in [-0.15, -0.1) is 0 Å². The van der Waals surface area contributed by atoms with E-state index in [2.05, 4.69) is 111 Å². The van der Waals surface area contributed by atoms with E-state index in [1.807, 2.05) is 0 Å². The lowest BCUT2D eigenvalue weighted by Gasteiger charge is -2.50. The van der Waals surface area contributed by atoms with E-state index in [1.165, 1.54) is 70.4 Å². The van der Waals surface area contributed by atoms with Gasteiger partial charge in [-0.25, -0.2) is 0 Å². The van der Waals surface area contributed by atoms with E-state index < -0.39 is 7.92 Å². The molecule has 0 N–H and O–H groups in total. The zero-order chi connectivity index (χ0) is 25.4. The van der Waals surface area contributed by atoms with Crippen LogP contribution in [-0.2, 0) is 0 Å². The highest BCUT2D eigenvalue weighted by molar-refractivity contribution is 7.75. The molecule has 4 aromatic rings. The topological polar surface area (TPSA) is 22.2 Å².